The van der Waals surface area contributed by atoms with Crippen LogP contribution in [-0.2, 0) is 5.88 Å². The molecule has 18 heavy (non-hydrogen) atoms. The van der Waals surface area contributed by atoms with Crippen molar-refractivity contribution in [2.24, 2.45) is 0 Å². The van der Waals surface area contributed by atoms with Crippen LogP contribution in [0.3, 0.4) is 0 Å². The molecule has 0 fully saturated rings. The predicted molar refractivity (Wildman–Crippen MR) is 80.2 cm³/mol. The third-order valence-electron chi connectivity index (χ3n) is 2.32. The summed E-state index contributed by atoms with van der Waals surface area (Å²) in [4.78, 5) is 0. The fourth-order valence-corrected chi connectivity index (χ4v) is 2.73. The molecule has 0 saturated carbocycles. The van der Waals surface area contributed by atoms with Gasteiger partial charge in [0, 0.05) is 15.1 Å². The number of hydrogen-bond donors (Lipinski definition) is 0. The van der Waals surface area contributed by atoms with Crippen LogP contribution >= 0.6 is 50.7 Å². The first kappa shape index (κ1) is 14.0. The maximum Gasteiger partial charge on any atom is 0.146 e. The molecule has 0 radical (unpaired) electrons. The van der Waals surface area contributed by atoms with Crippen LogP contribution in [0, 0.1) is 0 Å². The molecule has 94 valence electrons. The van der Waals surface area contributed by atoms with Crippen molar-refractivity contribution >= 4 is 50.7 Å². The van der Waals surface area contributed by atoms with Crippen molar-refractivity contribution in [1.82, 2.24) is 0 Å². The Morgan fingerprint density at radius 3 is 2.44 bits per heavy atom. The monoisotopic (exact) mass is 364 g/mol. The quantitative estimate of drug-likeness (QED) is 0.580. The lowest BCUT2D eigenvalue weighted by Crippen LogP contribution is -1.91. The second kappa shape index (κ2) is 6.16. The molecule has 0 aliphatic carbocycles. The zero-order chi connectivity index (χ0) is 13.1. The van der Waals surface area contributed by atoms with Gasteiger partial charge in [0.05, 0.1) is 10.9 Å². The highest BCUT2D eigenvalue weighted by atomic mass is 79.9. The number of benzene rings is 2. The van der Waals surface area contributed by atoms with Crippen LogP contribution in [0.25, 0.3) is 0 Å². The van der Waals surface area contributed by atoms with E-state index in [9.17, 15) is 0 Å². The molecule has 2 aromatic rings. The summed E-state index contributed by atoms with van der Waals surface area (Å²) >= 11 is 21.4. The minimum Gasteiger partial charge on any atom is -0.455 e. The normalized spacial score (nSPS) is 10.4. The first-order valence-corrected chi connectivity index (χ1v) is 7.16. The standard InChI is InChI=1S/C13H8BrCl3O/c14-8-4-5-13(11(17)6-8)18-12-3-1-2-10(16)9(12)7-15/h1-6H,7H2. The van der Waals surface area contributed by atoms with Gasteiger partial charge in [-0.2, -0.15) is 0 Å². The highest BCUT2D eigenvalue weighted by Gasteiger charge is 2.10. The van der Waals surface area contributed by atoms with E-state index < -0.39 is 0 Å². The summed E-state index contributed by atoms with van der Waals surface area (Å²) in [5.74, 6) is 1.46. The number of ether oxygens (including phenoxy) is 1. The van der Waals surface area contributed by atoms with Crippen LogP contribution < -0.4 is 4.74 Å². The summed E-state index contributed by atoms with van der Waals surface area (Å²) in [6, 6.07) is 10.8. The van der Waals surface area contributed by atoms with Gasteiger partial charge in [-0.25, -0.2) is 0 Å². The molecule has 0 N–H and O–H groups in total. The molecule has 2 aromatic carbocycles. The van der Waals surface area contributed by atoms with Crippen molar-refractivity contribution in [2.45, 2.75) is 5.88 Å². The van der Waals surface area contributed by atoms with E-state index in [0.29, 0.717) is 21.5 Å². The summed E-state index contributed by atoms with van der Waals surface area (Å²) in [7, 11) is 0. The van der Waals surface area contributed by atoms with E-state index in [4.69, 9.17) is 39.5 Å². The zero-order valence-corrected chi connectivity index (χ0v) is 12.9. The Labute approximate surface area is 129 Å². The van der Waals surface area contributed by atoms with Crippen molar-refractivity contribution < 1.29 is 4.74 Å². The fraction of sp³-hybridized carbons (Fsp3) is 0.0769. The molecule has 0 unspecified atom stereocenters. The molecule has 0 aliphatic heterocycles. The average molecular weight is 366 g/mol. The average Bonchev–Trinajstić information content (AvgIpc) is 2.33. The third kappa shape index (κ3) is 3.12. The molecule has 0 atom stereocenters. The Morgan fingerprint density at radius 1 is 1.00 bits per heavy atom. The third-order valence-corrected chi connectivity index (χ3v) is 3.73. The first-order valence-electron chi connectivity index (χ1n) is 5.08. The summed E-state index contributed by atoms with van der Waals surface area (Å²) in [5, 5.41) is 1.10. The van der Waals surface area contributed by atoms with Crippen LogP contribution in [-0.4, -0.2) is 0 Å². The maximum atomic E-state index is 6.09. The van der Waals surface area contributed by atoms with E-state index in [2.05, 4.69) is 15.9 Å². The highest BCUT2D eigenvalue weighted by molar-refractivity contribution is 9.10. The Balaban J connectivity index is 2.37. The van der Waals surface area contributed by atoms with E-state index in [0.717, 1.165) is 10.0 Å². The van der Waals surface area contributed by atoms with Gasteiger partial charge in [0.15, 0.2) is 0 Å². The van der Waals surface area contributed by atoms with Crippen LogP contribution in [0.2, 0.25) is 10.0 Å². The van der Waals surface area contributed by atoms with Crippen molar-refractivity contribution in [3.63, 3.8) is 0 Å². The molecule has 0 amide bonds. The fourth-order valence-electron chi connectivity index (χ4n) is 1.44. The van der Waals surface area contributed by atoms with Crippen LogP contribution in [0.15, 0.2) is 40.9 Å². The summed E-state index contributed by atoms with van der Waals surface area (Å²) in [5.41, 5.74) is 0.750. The first-order chi connectivity index (χ1) is 8.61. The van der Waals surface area contributed by atoms with E-state index in [1.54, 1.807) is 24.3 Å². The van der Waals surface area contributed by atoms with Crippen molar-refractivity contribution in [1.29, 1.82) is 0 Å². The molecule has 0 aliphatic rings. The van der Waals surface area contributed by atoms with Gasteiger partial charge >= 0.3 is 0 Å². The van der Waals surface area contributed by atoms with Crippen LogP contribution in [0.5, 0.6) is 11.5 Å². The van der Waals surface area contributed by atoms with Gasteiger partial charge in [-0.15, -0.1) is 11.6 Å². The molecule has 0 heterocycles. The van der Waals surface area contributed by atoms with Gasteiger partial charge < -0.3 is 4.74 Å². The van der Waals surface area contributed by atoms with Gasteiger partial charge in [0.2, 0.25) is 0 Å². The molecule has 0 bridgehead atoms. The smallest absolute Gasteiger partial charge is 0.146 e. The minimum absolute atomic E-state index is 0.281. The van der Waals surface area contributed by atoms with Gasteiger partial charge in [-0.1, -0.05) is 45.2 Å². The van der Waals surface area contributed by atoms with Gasteiger partial charge in [0.1, 0.15) is 11.5 Å². The van der Waals surface area contributed by atoms with Crippen LogP contribution in [0.1, 0.15) is 5.56 Å². The number of halogens is 4. The summed E-state index contributed by atoms with van der Waals surface area (Å²) < 4.78 is 6.64. The second-order valence-corrected chi connectivity index (χ2v) is 5.52. The van der Waals surface area contributed by atoms with E-state index >= 15 is 0 Å². The number of hydrogen-bond acceptors (Lipinski definition) is 1. The highest BCUT2D eigenvalue weighted by Crippen LogP contribution is 2.35. The SMILES string of the molecule is ClCc1c(Cl)cccc1Oc1ccc(Br)cc1Cl. The van der Waals surface area contributed by atoms with Gasteiger partial charge in [-0.3, -0.25) is 0 Å². The predicted octanol–water partition coefficient (Wildman–Crippen LogP) is 6.29. The maximum absolute atomic E-state index is 6.09. The molecule has 0 spiro atoms. The second-order valence-electron chi connectivity index (χ2n) is 3.53. The Kier molecular flexibility index (Phi) is 4.79. The van der Waals surface area contributed by atoms with Crippen molar-refractivity contribution in [2.75, 3.05) is 0 Å². The van der Waals surface area contributed by atoms with E-state index in [1.165, 1.54) is 0 Å². The molecular weight excluding hydrogens is 358 g/mol. The van der Waals surface area contributed by atoms with E-state index in [-0.39, 0.29) is 5.88 Å². The number of rotatable bonds is 3. The van der Waals surface area contributed by atoms with Crippen molar-refractivity contribution in [3.8, 4) is 11.5 Å². The van der Waals surface area contributed by atoms with Crippen LogP contribution in [0.4, 0.5) is 0 Å². The lowest BCUT2D eigenvalue weighted by atomic mass is 10.2. The van der Waals surface area contributed by atoms with E-state index in [1.807, 2.05) is 12.1 Å². The molecule has 0 aromatic heterocycles. The van der Waals surface area contributed by atoms with Gasteiger partial charge in [-0.05, 0) is 30.3 Å². The summed E-state index contributed by atoms with van der Waals surface area (Å²) in [6.45, 7) is 0. The summed E-state index contributed by atoms with van der Waals surface area (Å²) in [6.07, 6.45) is 0. The number of alkyl halides is 1. The molecule has 0 saturated heterocycles. The van der Waals surface area contributed by atoms with Crippen molar-refractivity contribution in [3.05, 3.63) is 56.5 Å². The zero-order valence-electron chi connectivity index (χ0n) is 9.09. The molecule has 2 rings (SSSR count). The Hall–Kier alpha value is -0.410. The topological polar surface area (TPSA) is 9.23 Å². The molecule has 5 heteroatoms. The Morgan fingerprint density at radius 2 is 1.78 bits per heavy atom. The van der Waals surface area contributed by atoms with Gasteiger partial charge in [0.25, 0.3) is 0 Å². The minimum atomic E-state index is 0.281. The molecular formula is C13H8BrCl3O. The lowest BCUT2D eigenvalue weighted by molar-refractivity contribution is 0.478. The Bertz CT molecular complexity index is 572. The molecule has 1 nitrogen and oxygen atoms in total. The largest absolute Gasteiger partial charge is 0.455 e. The lowest BCUT2D eigenvalue weighted by Gasteiger charge is -2.12.